The Bertz CT molecular complexity index is 1190. The van der Waals surface area contributed by atoms with Crippen molar-refractivity contribution in [3.8, 4) is 0 Å². The number of nitrogens with zero attached hydrogens (tertiary/aromatic N) is 3. The highest BCUT2D eigenvalue weighted by Crippen LogP contribution is 2.33. The number of carbonyl (C=O) groups is 1. The lowest BCUT2D eigenvalue weighted by atomic mass is 9.84. The molecule has 8 heteroatoms. The van der Waals surface area contributed by atoms with Gasteiger partial charge in [0.25, 0.3) is 10.0 Å². The summed E-state index contributed by atoms with van der Waals surface area (Å²) < 4.78 is 29.0. The summed E-state index contributed by atoms with van der Waals surface area (Å²) in [4.78, 5) is 17.6. The Balaban J connectivity index is 1.39. The zero-order chi connectivity index (χ0) is 23.8. The van der Waals surface area contributed by atoms with E-state index in [4.69, 9.17) is 0 Å². The summed E-state index contributed by atoms with van der Waals surface area (Å²) in [5.41, 5.74) is 2.51. The average Bonchev–Trinajstić information content (AvgIpc) is 2.72. The van der Waals surface area contributed by atoms with E-state index in [1.54, 1.807) is 24.3 Å². The number of aryl methyl sites for hydroxylation is 1. The Morgan fingerprint density at radius 1 is 1.15 bits per heavy atom. The Morgan fingerprint density at radius 2 is 1.91 bits per heavy atom. The minimum atomic E-state index is -3.73. The third-order valence-corrected chi connectivity index (χ3v) is 7.64. The van der Waals surface area contributed by atoms with E-state index in [-0.39, 0.29) is 16.8 Å². The second-order valence-electron chi connectivity index (χ2n) is 9.87. The molecule has 0 aromatic heterocycles. The molecule has 1 atom stereocenters. The molecule has 0 spiro atoms. The third kappa shape index (κ3) is 5.21. The number of carbonyl (C=O) groups excluding carboxylic acids is 1. The van der Waals surface area contributed by atoms with Gasteiger partial charge in [-0.25, -0.2) is 0 Å². The number of para-hydroxylation sites is 1. The first kappa shape index (κ1) is 23.3. The first-order valence-corrected chi connectivity index (χ1v) is 12.8. The van der Waals surface area contributed by atoms with Gasteiger partial charge in [0.15, 0.2) is 0 Å². The van der Waals surface area contributed by atoms with Crippen LogP contribution in [-0.2, 0) is 14.8 Å². The van der Waals surface area contributed by atoms with Gasteiger partial charge in [-0.15, -0.1) is 4.40 Å². The van der Waals surface area contributed by atoms with Crippen molar-refractivity contribution in [3.63, 3.8) is 0 Å². The van der Waals surface area contributed by atoms with E-state index in [1.165, 1.54) is 11.3 Å². The summed E-state index contributed by atoms with van der Waals surface area (Å²) >= 11 is 0. The maximum atomic E-state index is 13.2. The molecule has 2 aromatic rings. The van der Waals surface area contributed by atoms with Gasteiger partial charge in [-0.05, 0) is 49.1 Å². The summed E-state index contributed by atoms with van der Waals surface area (Å²) in [6.45, 7) is 10.3. The van der Waals surface area contributed by atoms with Gasteiger partial charge in [0.2, 0.25) is 5.91 Å². The van der Waals surface area contributed by atoms with Crippen LogP contribution in [0.2, 0.25) is 0 Å². The lowest BCUT2D eigenvalue weighted by Crippen LogP contribution is -2.54. The molecule has 2 aliphatic heterocycles. The van der Waals surface area contributed by atoms with E-state index in [0.717, 1.165) is 6.54 Å². The zero-order valence-electron chi connectivity index (χ0n) is 19.7. The van der Waals surface area contributed by atoms with Gasteiger partial charge in [-0.1, -0.05) is 38.1 Å². The molecule has 33 heavy (non-hydrogen) atoms. The van der Waals surface area contributed by atoms with Crippen LogP contribution in [0.25, 0.3) is 0 Å². The van der Waals surface area contributed by atoms with Crippen molar-refractivity contribution in [3.05, 3.63) is 54.1 Å². The number of amidine groups is 1. The molecule has 7 nitrogen and oxygen atoms in total. The topological polar surface area (TPSA) is 82.1 Å². The lowest BCUT2D eigenvalue weighted by molar-refractivity contribution is -0.134. The summed E-state index contributed by atoms with van der Waals surface area (Å²) in [6, 6.07) is 15.4. The van der Waals surface area contributed by atoms with Gasteiger partial charge in [0, 0.05) is 44.2 Å². The van der Waals surface area contributed by atoms with Crippen LogP contribution in [0, 0.1) is 12.3 Å². The zero-order valence-corrected chi connectivity index (χ0v) is 20.5. The number of hydrogen-bond donors (Lipinski definition) is 1. The second-order valence-corrected chi connectivity index (χ2v) is 11.4. The van der Waals surface area contributed by atoms with Gasteiger partial charge in [-0.3, -0.25) is 4.79 Å². The van der Waals surface area contributed by atoms with Crippen LogP contribution >= 0.6 is 0 Å². The summed E-state index contributed by atoms with van der Waals surface area (Å²) in [6.07, 6.45) is 0.692. The van der Waals surface area contributed by atoms with Crippen LogP contribution in [0.1, 0.15) is 39.2 Å². The van der Waals surface area contributed by atoms with E-state index in [0.29, 0.717) is 37.5 Å². The fourth-order valence-electron chi connectivity index (χ4n) is 4.66. The number of nitrogens with one attached hydrogen (secondary N) is 1. The Morgan fingerprint density at radius 3 is 2.64 bits per heavy atom. The van der Waals surface area contributed by atoms with Crippen molar-refractivity contribution < 1.29 is 13.2 Å². The van der Waals surface area contributed by atoms with Gasteiger partial charge in [0.1, 0.15) is 10.7 Å². The summed E-state index contributed by atoms with van der Waals surface area (Å²) in [5.74, 6) is 0.472. The average molecular weight is 469 g/mol. The molecule has 1 saturated heterocycles. The van der Waals surface area contributed by atoms with Gasteiger partial charge >= 0.3 is 0 Å². The molecule has 4 rings (SSSR count). The molecular formula is C25H32N4O3S. The molecule has 1 amide bonds. The molecule has 2 aromatic carbocycles. The molecule has 0 aliphatic carbocycles. The lowest BCUT2D eigenvalue weighted by Gasteiger charge is -2.42. The van der Waals surface area contributed by atoms with Crippen LogP contribution in [0.4, 0.5) is 11.4 Å². The van der Waals surface area contributed by atoms with Gasteiger partial charge < -0.3 is 15.1 Å². The molecule has 1 N–H and O–H groups in total. The molecule has 2 aliphatic rings. The molecule has 0 radical (unpaired) electrons. The van der Waals surface area contributed by atoms with Crippen molar-refractivity contribution in [2.24, 2.45) is 9.81 Å². The molecule has 1 fully saturated rings. The van der Waals surface area contributed by atoms with Crippen molar-refractivity contribution >= 4 is 33.1 Å². The predicted octanol–water partition coefficient (Wildman–Crippen LogP) is 4.05. The first-order chi connectivity index (χ1) is 15.5. The van der Waals surface area contributed by atoms with Crippen molar-refractivity contribution in [2.75, 3.05) is 29.9 Å². The quantitative estimate of drug-likeness (QED) is 0.716. The largest absolute Gasteiger partial charge is 0.365 e. The SMILES string of the molecule is Cc1cccc(N2CCN(C(=O)CC(C)(C)CC3=NS(=O)(=O)c4ccccc4N3)C[C@H]2C)c1. The van der Waals surface area contributed by atoms with Gasteiger partial charge in [-0.2, -0.15) is 8.42 Å². The first-order valence-electron chi connectivity index (χ1n) is 11.4. The van der Waals surface area contributed by atoms with E-state index < -0.39 is 15.4 Å². The number of fused-ring (bicyclic) bond motifs is 1. The number of benzene rings is 2. The minimum absolute atomic E-state index is 0.0930. The maximum absolute atomic E-state index is 13.2. The fraction of sp³-hybridized carbons (Fsp3) is 0.440. The van der Waals surface area contributed by atoms with E-state index in [1.807, 2.05) is 18.7 Å². The molecular weight excluding hydrogens is 436 g/mol. The minimum Gasteiger partial charge on any atom is -0.365 e. The predicted molar refractivity (Wildman–Crippen MR) is 132 cm³/mol. The Hall–Kier alpha value is -2.87. The molecule has 2 heterocycles. The van der Waals surface area contributed by atoms with Crippen molar-refractivity contribution in [1.29, 1.82) is 0 Å². The molecule has 0 saturated carbocycles. The highest BCUT2D eigenvalue weighted by molar-refractivity contribution is 7.90. The Labute approximate surface area is 196 Å². The summed E-state index contributed by atoms with van der Waals surface area (Å²) in [5, 5.41) is 3.14. The monoisotopic (exact) mass is 468 g/mol. The number of rotatable bonds is 5. The van der Waals surface area contributed by atoms with Crippen molar-refractivity contribution in [2.45, 2.75) is 51.5 Å². The van der Waals surface area contributed by atoms with Gasteiger partial charge in [0.05, 0.1) is 5.69 Å². The second kappa shape index (κ2) is 8.82. The summed E-state index contributed by atoms with van der Waals surface area (Å²) in [7, 11) is -3.73. The van der Waals surface area contributed by atoms with Crippen molar-refractivity contribution in [1.82, 2.24) is 4.90 Å². The number of anilines is 2. The normalized spacial score (nSPS) is 20.0. The smallest absolute Gasteiger partial charge is 0.286 e. The van der Waals surface area contributed by atoms with Crippen LogP contribution in [0.3, 0.4) is 0 Å². The van der Waals surface area contributed by atoms with E-state index in [2.05, 4.69) is 52.7 Å². The number of sulfonamides is 1. The number of hydrogen-bond acceptors (Lipinski definition) is 5. The standard InChI is InChI=1S/C25H32N4O3S/c1-18-8-7-9-20(14-18)29-13-12-28(17-19(29)2)24(30)16-25(3,4)15-23-26-21-10-5-6-11-22(21)33(31,32)27-23/h5-11,14,19H,12-13,15-17H2,1-4H3,(H,26,27)/t19-/m1/s1. The van der Waals surface area contributed by atoms with Crippen LogP contribution < -0.4 is 10.2 Å². The Kier molecular flexibility index (Phi) is 6.22. The third-order valence-electron chi connectivity index (χ3n) is 6.26. The van der Waals surface area contributed by atoms with E-state index in [9.17, 15) is 13.2 Å². The van der Waals surface area contributed by atoms with E-state index >= 15 is 0 Å². The molecule has 0 bridgehead atoms. The maximum Gasteiger partial charge on any atom is 0.286 e. The highest BCUT2D eigenvalue weighted by atomic mass is 32.2. The molecule has 0 unspecified atom stereocenters. The molecule has 176 valence electrons. The highest BCUT2D eigenvalue weighted by Gasteiger charge is 2.33. The number of amides is 1. The number of piperazine rings is 1. The van der Waals surface area contributed by atoms with Crippen LogP contribution in [0.15, 0.2) is 57.8 Å². The fourth-order valence-corrected chi connectivity index (χ4v) is 5.80. The van der Waals surface area contributed by atoms with Crippen LogP contribution in [-0.4, -0.2) is 50.7 Å². The van der Waals surface area contributed by atoms with Crippen LogP contribution in [0.5, 0.6) is 0 Å².